The fraction of sp³-hybridized carbons (Fsp3) is 0.278. The minimum Gasteiger partial charge on any atom is -0.471 e. The van der Waals surface area contributed by atoms with Crippen molar-refractivity contribution < 1.29 is 22.1 Å². The molecular formula is C18H15F3N4O2S. The van der Waals surface area contributed by atoms with Gasteiger partial charge in [0.15, 0.2) is 5.60 Å². The maximum absolute atomic E-state index is 12.9. The summed E-state index contributed by atoms with van der Waals surface area (Å²) in [6.45, 7) is 3.15. The lowest BCUT2D eigenvalue weighted by Crippen LogP contribution is -2.25. The minimum absolute atomic E-state index is 0.0883. The van der Waals surface area contributed by atoms with Crippen LogP contribution < -0.4 is 4.74 Å². The second-order valence-corrected chi connectivity index (χ2v) is 7.85. The number of alkyl halides is 3. The molecule has 3 aromatic heterocycles. The lowest BCUT2D eigenvalue weighted by atomic mass is 10.2. The molecule has 6 nitrogen and oxygen atoms in total. The van der Waals surface area contributed by atoms with E-state index in [9.17, 15) is 17.4 Å². The zero-order chi connectivity index (χ0) is 20.7. The molecule has 0 aliphatic carbocycles. The summed E-state index contributed by atoms with van der Waals surface area (Å²) >= 11 is 0. The van der Waals surface area contributed by atoms with E-state index in [-0.39, 0.29) is 22.8 Å². The van der Waals surface area contributed by atoms with Gasteiger partial charge < -0.3 is 9.14 Å². The van der Waals surface area contributed by atoms with Crippen molar-refractivity contribution >= 4 is 16.4 Å². The number of ether oxygens (including phenoxy) is 1. The third-order valence-corrected chi connectivity index (χ3v) is 4.74. The predicted molar refractivity (Wildman–Crippen MR) is 96.1 cm³/mol. The second kappa shape index (κ2) is 6.91. The molecule has 3 rings (SSSR count). The number of imidazole rings is 1. The van der Waals surface area contributed by atoms with Gasteiger partial charge in [-0.2, -0.15) is 18.4 Å². The fourth-order valence-electron chi connectivity index (χ4n) is 2.48. The van der Waals surface area contributed by atoms with Gasteiger partial charge in [0.25, 0.3) is 0 Å². The van der Waals surface area contributed by atoms with E-state index in [2.05, 4.69) is 9.97 Å². The summed E-state index contributed by atoms with van der Waals surface area (Å²) in [5, 5.41) is 9.08. The molecule has 0 saturated heterocycles. The summed E-state index contributed by atoms with van der Waals surface area (Å²) in [6, 6.07) is 5.35. The number of rotatable bonds is 4. The quantitative estimate of drug-likeness (QED) is 0.655. The Kier molecular flexibility index (Phi) is 4.89. The van der Waals surface area contributed by atoms with Crippen LogP contribution in [0.3, 0.4) is 0 Å². The number of nitriles is 1. The summed E-state index contributed by atoms with van der Waals surface area (Å²) in [6.07, 6.45) is 1.08. The molecule has 0 N–H and O–H groups in total. The largest absolute Gasteiger partial charge is 0.471 e. The lowest BCUT2D eigenvalue weighted by Gasteiger charge is -2.18. The van der Waals surface area contributed by atoms with Gasteiger partial charge >= 0.3 is 6.18 Å². The van der Waals surface area contributed by atoms with Crippen LogP contribution in [-0.2, 0) is 17.0 Å². The molecule has 10 heteroatoms. The molecule has 28 heavy (non-hydrogen) atoms. The fourth-order valence-corrected chi connectivity index (χ4v) is 3.20. The normalized spacial score (nSPS) is 13.3. The van der Waals surface area contributed by atoms with Crippen LogP contribution in [0, 0.1) is 11.3 Å². The zero-order valence-electron chi connectivity index (χ0n) is 15.1. The first-order chi connectivity index (χ1) is 13.0. The van der Waals surface area contributed by atoms with Gasteiger partial charge in [-0.3, -0.25) is 4.21 Å². The third-order valence-electron chi connectivity index (χ3n) is 3.81. The molecule has 0 aliphatic rings. The van der Waals surface area contributed by atoms with Crippen molar-refractivity contribution in [2.45, 2.75) is 30.5 Å². The van der Waals surface area contributed by atoms with Gasteiger partial charge in [0.05, 0.1) is 27.5 Å². The number of hydrogen-bond acceptors (Lipinski definition) is 5. The first kappa shape index (κ1) is 19.8. The van der Waals surface area contributed by atoms with Crippen molar-refractivity contribution in [3.63, 3.8) is 0 Å². The first-order valence-corrected chi connectivity index (χ1v) is 9.56. The number of nitrogens with zero attached hydrogens (tertiary/aromatic N) is 4. The highest BCUT2D eigenvalue weighted by Gasteiger charge is 2.31. The van der Waals surface area contributed by atoms with Gasteiger partial charge in [0.1, 0.15) is 28.9 Å². The molecule has 0 spiro atoms. The number of aromatic nitrogens is 3. The van der Waals surface area contributed by atoms with Crippen molar-refractivity contribution in [2.24, 2.45) is 0 Å². The minimum atomic E-state index is -4.48. The van der Waals surface area contributed by atoms with E-state index < -0.39 is 28.1 Å². The highest BCUT2D eigenvalue weighted by molar-refractivity contribution is 7.84. The number of halogens is 3. The summed E-state index contributed by atoms with van der Waals surface area (Å²) in [5.74, 6) is 0.253. The smallest absolute Gasteiger partial charge is 0.416 e. The van der Waals surface area contributed by atoms with Crippen molar-refractivity contribution in [1.82, 2.24) is 14.4 Å². The molecule has 0 amide bonds. The molecule has 0 aliphatic heterocycles. The molecule has 0 radical (unpaired) electrons. The molecule has 0 bridgehead atoms. The summed E-state index contributed by atoms with van der Waals surface area (Å²) in [5.41, 5.74) is -1.29. The van der Waals surface area contributed by atoms with E-state index in [0.717, 1.165) is 12.1 Å². The van der Waals surface area contributed by atoms with E-state index in [4.69, 9.17) is 10.00 Å². The van der Waals surface area contributed by atoms with E-state index in [1.165, 1.54) is 35.3 Å². The van der Waals surface area contributed by atoms with Crippen LogP contribution in [0.5, 0.6) is 5.75 Å². The van der Waals surface area contributed by atoms with Gasteiger partial charge in [-0.1, -0.05) is 0 Å². The average Bonchev–Trinajstić information content (AvgIpc) is 3.03. The van der Waals surface area contributed by atoms with Crippen molar-refractivity contribution in [3.8, 4) is 23.2 Å². The maximum atomic E-state index is 12.9. The van der Waals surface area contributed by atoms with Gasteiger partial charge in [0.2, 0.25) is 0 Å². The Labute approximate surface area is 161 Å². The van der Waals surface area contributed by atoms with Crippen LogP contribution in [0.4, 0.5) is 13.2 Å². The maximum Gasteiger partial charge on any atom is 0.416 e. The molecule has 0 saturated carbocycles. The van der Waals surface area contributed by atoms with Crippen LogP contribution in [0.15, 0.2) is 41.7 Å². The molecule has 3 aromatic rings. The Morgan fingerprint density at radius 2 is 2.00 bits per heavy atom. The predicted octanol–water partition coefficient (Wildman–Crippen LogP) is 3.83. The van der Waals surface area contributed by atoms with Crippen LogP contribution >= 0.6 is 0 Å². The Morgan fingerprint density at radius 1 is 1.29 bits per heavy atom. The molecule has 1 atom stereocenters. The standard InChI is InChI=1S/C18H15F3N4O2S/c1-17(2,10-22)27-12-7-14(28(3)26)16(23-8-12)13-9-25-5-4-11(18(19,20)21)6-15(25)24-13/h4-9H,1-3H3. The SMILES string of the molecule is CS(=O)c1cc(OC(C)(C)C#N)cnc1-c1cn2ccc(C(F)(F)F)cc2n1. The molecule has 146 valence electrons. The highest BCUT2D eigenvalue weighted by Crippen LogP contribution is 2.32. The van der Waals surface area contributed by atoms with Crippen LogP contribution in [0.25, 0.3) is 17.0 Å². The molecule has 0 aromatic carbocycles. The zero-order valence-corrected chi connectivity index (χ0v) is 15.9. The van der Waals surface area contributed by atoms with Gasteiger partial charge in [0, 0.05) is 24.7 Å². The lowest BCUT2D eigenvalue weighted by molar-refractivity contribution is -0.137. The van der Waals surface area contributed by atoms with E-state index >= 15 is 0 Å². The van der Waals surface area contributed by atoms with Gasteiger partial charge in [-0.05, 0) is 26.0 Å². The highest BCUT2D eigenvalue weighted by atomic mass is 32.2. The summed E-state index contributed by atoms with van der Waals surface area (Å²) < 4.78 is 57.9. The van der Waals surface area contributed by atoms with Crippen molar-refractivity contribution in [3.05, 3.63) is 42.4 Å². The molecule has 3 heterocycles. The van der Waals surface area contributed by atoms with E-state index in [1.807, 2.05) is 6.07 Å². The van der Waals surface area contributed by atoms with Crippen molar-refractivity contribution in [1.29, 1.82) is 5.26 Å². The Morgan fingerprint density at radius 3 is 2.61 bits per heavy atom. The first-order valence-electron chi connectivity index (χ1n) is 8.00. The Balaban J connectivity index is 2.07. The van der Waals surface area contributed by atoms with E-state index in [1.54, 1.807) is 13.8 Å². The third kappa shape index (κ3) is 3.99. The summed E-state index contributed by atoms with van der Waals surface area (Å²) in [4.78, 5) is 8.72. The molecule has 0 fully saturated rings. The monoisotopic (exact) mass is 408 g/mol. The number of hydrogen-bond donors (Lipinski definition) is 0. The summed E-state index contributed by atoms with van der Waals surface area (Å²) in [7, 11) is -1.48. The second-order valence-electron chi connectivity index (χ2n) is 6.50. The Hall–Kier alpha value is -2.93. The Bertz CT molecular complexity index is 1120. The van der Waals surface area contributed by atoms with Crippen molar-refractivity contribution in [2.75, 3.05) is 6.26 Å². The average molecular weight is 408 g/mol. The van der Waals surface area contributed by atoms with E-state index in [0.29, 0.717) is 4.90 Å². The topological polar surface area (TPSA) is 80.3 Å². The van der Waals surface area contributed by atoms with Gasteiger partial charge in [-0.25, -0.2) is 9.97 Å². The van der Waals surface area contributed by atoms with Crippen LogP contribution in [0.2, 0.25) is 0 Å². The molecule has 1 unspecified atom stereocenters. The number of fused-ring (bicyclic) bond motifs is 1. The van der Waals surface area contributed by atoms with Gasteiger partial charge in [-0.15, -0.1) is 0 Å². The van der Waals surface area contributed by atoms with Crippen LogP contribution in [-0.4, -0.2) is 30.4 Å². The molecular weight excluding hydrogens is 393 g/mol. The van der Waals surface area contributed by atoms with Crippen LogP contribution in [0.1, 0.15) is 19.4 Å². The number of pyridine rings is 2.